The van der Waals surface area contributed by atoms with Gasteiger partial charge in [-0.1, -0.05) is 24.3 Å². The average molecular weight is 420 g/mol. The van der Waals surface area contributed by atoms with Gasteiger partial charge < -0.3 is 14.6 Å². The zero-order valence-electron chi connectivity index (χ0n) is 17.2. The van der Waals surface area contributed by atoms with Gasteiger partial charge in [-0.3, -0.25) is 9.59 Å². The van der Waals surface area contributed by atoms with Gasteiger partial charge in [-0.2, -0.15) is 0 Å². The molecule has 1 N–H and O–H groups in total. The Bertz CT molecular complexity index is 1050. The Hall–Kier alpha value is -3.67. The molecule has 0 bridgehead atoms. The van der Waals surface area contributed by atoms with E-state index in [1.54, 1.807) is 12.2 Å². The molecule has 0 amide bonds. The Balaban J connectivity index is 2.02. The number of hydrogen-bond acceptors (Lipinski definition) is 6. The highest BCUT2D eigenvalue weighted by molar-refractivity contribution is 6.30. The lowest BCUT2D eigenvalue weighted by Crippen LogP contribution is -2.23. The van der Waals surface area contributed by atoms with E-state index in [0.29, 0.717) is 25.7 Å². The van der Waals surface area contributed by atoms with Gasteiger partial charge in [0.15, 0.2) is 5.78 Å². The third kappa shape index (κ3) is 4.58. The molecule has 2 aromatic rings. The predicted molar refractivity (Wildman–Crippen MR) is 116 cm³/mol. The van der Waals surface area contributed by atoms with Gasteiger partial charge in [0.05, 0.1) is 29.9 Å². The van der Waals surface area contributed by atoms with Crippen molar-refractivity contribution >= 4 is 17.5 Å². The quantitative estimate of drug-likeness (QED) is 0.292. The van der Waals surface area contributed by atoms with Gasteiger partial charge in [0.2, 0.25) is 5.78 Å². The molecule has 0 heterocycles. The highest BCUT2D eigenvalue weighted by Crippen LogP contribution is 2.38. The number of allylic oxidation sites excluding steroid dienone is 2. The number of phenols is 1. The van der Waals surface area contributed by atoms with Crippen LogP contribution in [0.3, 0.4) is 0 Å². The smallest absolute Gasteiger partial charge is 0.338 e. The first kappa shape index (κ1) is 22.0. The number of esters is 1. The summed E-state index contributed by atoms with van der Waals surface area (Å²) in [6.07, 6.45) is 6.19. The van der Waals surface area contributed by atoms with Crippen molar-refractivity contribution in [3.05, 3.63) is 83.5 Å². The third-order valence-corrected chi connectivity index (χ3v) is 4.92. The van der Waals surface area contributed by atoms with Crippen molar-refractivity contribution in [2.24, 2.45) is 0 Å². The topological polar surface area (TPSA) is 89.9 Å². The van der Waals surface area contributed by atoms with Crippen molar-refractivity contribution in [1.29, 1.82) is 0 Å². The maximum atomic E-state index is 13.2. The SMILES string of the molecule is C=CCCCOC(=O)c1cc(OCCCC=C)c2c(c1)C(=O)c1cccc(O)c1C2=O. The van der Waals surface area contributed by atoms with E-state index in [0.717, 1.165) is 0 Å². The molecule has 0 unspecified atom stereocenters. The summed E-state index contributed by atoms with van der Waals surface area (Å²) in [7, 11) is 0. The molecule has 0 aliphatic heterocycles. The minimum Gasteiger partial charge on any atom is -0.507 e. The summed E-state index contributed by atoms with van der Waals surface area (Å²) < 4.78 is 11.1. The maximum absolute atomic E-state index is 13.2. The predicted octanol–water partition coefficient (Wildman–Crippen LogP) is 4.64. The highest BCUT2D eigenvalue weighted by atomic mass is 16.5. The number of benzene rings is 2. The lowest BCUT2D eigenvalue weighted by Gasteiger charge is -2.22. The van der Waals surface area contributed by atoms with Gasteiger partial charge in [0, 0.05) is 11.1 Å². The molecule has 6 nitrogen and oxygen atoms in total. The summed E-state index contributed by atoms with van der Waals surface area (Å²) in [5, 5.41) is 10.2. The van der Waals surface area contributed by atoms with E-state index in [1.165, 1.54) is 30.3 Å². The Morgan fingerprint density at radius 3 is 2.35 bits per heavy atom. The Kier molecular flexibility index (Phi) is 7.03. The van der Waals surface area contributed by atoms with Gasteiger partial charge in [0.1, 0.15) is 11.5 Å². The van der Waals surface area contributed by atoms with Gasteiger partial charge in [-0.15, -0.1) is 13.2 Å². The Morgan fingerprint density at radius 2 is 1.65 bits per heavy atom. The zero-order chi connectivity index (χ0) is 22.4. The summed E-state index contributed by atoms with van der Waals surface area (Å²) >= 11 is 0. The molecule has 1 aliphatic carbocycles. The van der Waals surface area contributed by atoms with Crippen LogP contribution in [0.25, 0.3) is 0 Å². The molecule has 0 atom stereocenters. The van der Waals surface area contributed by atoms with Crippen LogP contribution in [-0.4, -0.2) is 35.9 Å². The molecule has 0 saturated carbocycles. The number of unbranched alkanes of at least 4 members (excludes halogenated alkanes) is 2. The van der Waals surface area contributed by atoms with E-state index >= 15 is 0 Å². The molecule has 0 saturated heterocycles. The number of hydrogen-bond donors (Lipinski definition) is 1. The number of ketones is 2. The molecule has 160 valence electrons. The van der Waals surface area contributed by atoms with Crippen molar-refractivity contribution in [2.45, 2.75) is 25.7 Å². The Morgan fingerprint density at radius 1 is 0.935 bits per heavy atom. The monoisotopic (exact) mass is 420 g/mol. The highest BCUT2D eigenvalue weighted by Gasteiger charge is 2.35. The molecule has 0 aromatic heterocycles. The molecular weight excluding hydrogens is 396 g/mol. The minimum atomic E-state index is -0.607. The van der Waals surface area contributed by atoms with Crippen LogP contribution in [0.4, 0.5) is 0 Å². The summed E-state index contributed by atoms with van der Waals surface area (Å²) in [4.78, 5) is 38.8. The number of carbonyl (C=O) groups excluding carboxylic acids is 3. The van der Waals surface area contributed by atoms with Crippen LogP contribution < -0.4 is 4.74 Å². The number of carbonyl (C=O) groups is 3. The second kappa shape index (κ2) is 9.89. The van der Waals surface area contributed by atoms with Gasteiger partial charge >= 0.3 is 5.97 Å². The summed E-state index contributed by atoms with van der Waals surface area (Å²) in [6, 6.07) is 7.10. The van der Waals surface area contributed by atoms with Crippen molar-refractivity contribution in [2.75, 3.05) is 13.2 Å². The molecule has 0 fully saturated rings. The standard InChI is InChI=1S/C25H24O6/c1-3-5-7-12-30-20-15-16(25(29)31-13-8-6-4-2)14-18-22(20)24(28)21-17(23(18)27)10-9-11-19(21)26/h3-4,9-11,14-15,26H,1-2,5-8,12-13H2. The fourth-order valence-electron chi connectivity index (χ4n) is 3.38. The summed E-state index contributed by atoms with van der Waals surface area (Å²) in [5.41, 5.74) is 0.256. The van der Waals surface area contributed by atoms with Crippen LogP contribution in [0.15, 0.2) is 55.6 Å². The van der Waals surface area contributed by atoms with Crippen molar-refractivity contribution in [1.82, 2.24) is 0 Å². The molecule has 0 radical (unpaired) electrons. The molecule has 1 aliphatic rings. The first-order chi connectivity index (χ1) is 15.0. The van der Waals surface area contributed by atoms with Crippen LogP contribution in [0.5, 0.6) is 11.5 Å². The second-order valence-corrected chi connectivity index (χ2v) is 7.10. The van der Waals surface area contributed by atoms with Gasteiger partial charge in [-0.05, 0) is 43.9 Å². The molecular formula is C25H24O6. The van der Waals surface area contributed by atoms with Gasteiger partial charge in [0.25, 0.3) is 0 Å². The Labute approximate surface area is 180 Å². The molecule has 6 heteroatoms. The third-order valence-electron chi connectivity index (χ3n) is 4.92. The van der Waals surface area contributed by atoms with E-state index < -0.39 is 17.5 Å². The summed E-state index contributed by atoms with van der Waals surface area (Å²) in [6.45, 7) is 7.77. The number of rotatable bonds is 10. The molecule has 0 spiro atoms. The number of fused-ring (bicyclic) bond motifs is 2. The number of phenolic OH excluding ortho intramolecular Hbond substituents is 1. The lowest BCUT2D eigenvalue weighted by atomic mass is 9.82. The average Bonchev–Trinajstić information content (AvgIpc) is 2.77. The van der Waals surface area contributed by atoms with Crippen LogP contribution in [0, 0.1) is 0 Å². The maximum Gasteiger partial charge on any atom is 0.338 e. The normalized spacial score (nSPS) is 12.0. The first-order valence-electron chi connectivity index (χ1n) is 10.1. The van der Waals surface area contributed by atoms with E-state index in [4.69, 9.17) is 9.47 Å². The largest absolute Gasteiger partial charge is 0.507 e. The molecule has 2 aromatic carbocycles. The van der Waals surface area contributed by atoms with Crippen molar-refractivity contribution in [3.63, 3.8) is 0 Å². The number of aromatic hydroxyl groups is 1. The lowest BCUT2D eigenvalue weighted by molar-refractivity contribution is 0.0500. The van der Waals surface area contributed by atoms with Crippen LogP contribution in [-0.2, 0) is 4.74 Å². The van der Waals surface area contributed by atoms with Crippen LogP contribution in [0.1, 0.15) is 67.9 Å². The van der Waals surface area contributed by atoms with Gasteiger partial charge in [-0.25, -0.2) is 4.79 Å². The number of ether oxygens (including phenoxy) is 2. The van der Waals surface area contributed by atoms with Crippen LogP contribution >= 0.6 is 0 Å². The molecule has 31 heavy (non-hydrogen) atoms. The summed E-state index contributed by atoms with van der Waals surface area (Å²) in [5.74, 6) is -1.74. The van der Waals surface area contributed by atoms with E-state index in [1.807, 2.05) is 0 Å². The minimum absolute atomic E-state index is 0.0424. The van der Waals surface area contributed by atoms with E-state index in [-0.39, 0.29) is 52.5 Å². The van der Waals surface area contributed by atoms with E-state index in [2.05, 4.69) is 13.2 Å². The van der Waals surface area contributed by atoms with E-state index in [9.17, 15) is 19.5 Å². The second-order valence-electron chi connectivity index (χ2n) is 7.10. The molecule has 3 rings (SSSR count). The fourth-order valence-corrected chi connectivity index (χ4v) is 3.38. The first-order valence-corrected chi connectivity index (χ1v) is 10.1. The zero-order valence-corrected chi connectivity index (χ0v) is 17.2. The van der Waals surface area contributed by atoms with Crippen molar-refractivity contribution in [3.8, 4) is 11.5 Å². The van der Waals surface area contributed by atoms with Crippen LogP contribution in [0.2, 0.25) is 0 Å². The van der Waals surface area contributed by atoms with Crippen molar-refractivity contribution < 1.29 is 29.0 Å². The fraction of sp³-hybridized carbons (Fsp3) is 0.240.